The highest BCUT2D eigenvalue weighted by atomic mass is 16.2. The molecule has 3 N–H and O–H groups in total. The maximum absolute atomic E-state index is 10.7. The lowest BCUT2D eigenvalue weighted by Crippen LogP contribution is -2.20. The SMILES string of the molecule is NC(=O)Nc1ccc(C2(N=C=O)CCCC2)cc1. The topological polar surface area (TPSA) is 84.6 Å². The molecule has 1 aromatic rings. The summed E-state index contributed by atoms with van der Waals surface area (Å²) in [5.74, 6) is 0. The van der Waals surface area contributed by atoms with Crippen LogP contribution in [0, 0.1) is 0 Å². The van der Waals surface area contributed by atoms with E-state index >= 15 is 0 Å². The molecule has 0 atom stereocenters. The van der Waals surface area contributed by atoms with Crippen LogP contribution in [0.2, 0.25) is 0 Å². The van der Waals surface area contributed by atoms with Crippen LogP contribution in [0.15, 0.2) is 29.3 Å². The summed E-state index contributed by atoms with van der Waals surface area (Å²) < 4.78 is 0. The van der Waals surface area contributed by atoms with E-state index in [1.54, 1.807) is 18.2 Å². The minimum absolute atomic E-state index is 0.424. The normalized spacial score (nSPS) is 16.9. The average molecular weight is 245 g/mol. The van der Waals surface area contributed by atoms with Gasteiger partial charge in [0.05, 0.1) is 5.54 Å². The van der Waals surface area contributed by atoms with E-state index in [-0.39, 0.29) is 0 Å². The van der Waals surface area contributed by atoms with Crippen molar-refractivity contribution in [2.75, 3.05) is 5.32 Å². The van der Waals surface area contributed by atoms with Crippen LogP contribution in [-0.4, -0.2) is 12.1 Å². The van der Waals surface area contributed by atoms with Gasteiger partial charge in [0.2, 0.25) is 6.08 Å². The van der Waals surface area contributed by atoms with E-state index in [1.807, 2.05) is 12.1 Å². The van der Waals surface area contributed by atoms with E-state index in [1.165, 1.54) is 0 Å². The summed E-state index contributed by atoms with van der Waals surface area (Å²) in [4.78, 5) is 25.3. The van der Waals surface area contributed by atoms with Gasteiger partial charge in [0.1, 0.15) is 0 Å². The number of aliphatic imine (C=N–C) groups is 1. The van der Waals surface area contributed by atoms with Gasteiger partial charge in [-0.05, 0) is 30.5 Å². The number of carbonyl (C=O) groups excluding carboxylic acids is 2. The van der Waals surface area contributed by atoms with Crippen LogP contribution < -0.4 is 11.1 Å². The van der Waals surface area contributed by atoms with Crippen molar-refractivity contribution >= 4 is 17.8 Å². The Kier molecular flexibility index (Phi) is 3.44. The number of rotatable bonds is 3. The fourth-order valence-corrected chi connectivity index (χ4v) is 2.52. The predicted molar refractivity (Wildman–Crippen MR) is 67.9 cm³/mol. The lowest BCUT2D eigenvalue weighted by Gasteiger charge is -2.22. The number of benzene rings is 1. The number of nitrogens with zero attached hydrogens (tertiary/aromatic N) is 1. The first-order valence-corrected chi connectivity index (χ1v) is 5.92. The van der Waals surface area contributed by atoms with Crippen molar-refractivity contribution < 1.29 is 9.59 Å². The van der Waals surface area contributed by atoms with Crippen molar-refractivity contribution in [2.24, 2.45) is 10.7 Å². The fraction of sp³-hybridized carbons (Fsp3) is 0.385. The number of anilines is 1. The summed E-state index contributed by atoms with van der Waals surface area (Å²) >= 11 is 0. The molecule has 0 spiro atoms. The minimum Gasteiger partial charge on any atom is -0.351 e. The largest absolute Gasteiger partial charge is 0.351 e. The Morgan fingerprint density at radius 1 is 1.28 bits per heavy atom. The van der Waals surface area contributed by atoms with Gasteiger partial charge in [-0.25, -0.2) is 9.59 Å². The summed E-state index contributed by atoms with van der Waals surface area (Å²) in [7, 11) is 0. The van der Waals surface area contributed by atoms with Gasteiger partial charge in [-0.1, -0.05) is 25.0 Å². The number of amides is 2. The molecule has 2 rings (SSSR count). The maximum atomic E-state index is 10.7. The zero-order chi connectivity index (χ0) is 13.0. The molecule has 1 aliphatic carbocycles. The quantitative estimate of drug-likeness (QED) is 0.632. The van der Waals surface area contributed by atoms with E-state index < -0.39 is 11.6 Å². The van der Waals surface area contributed by atoms with Crippen LogP contribution >= 0.6 is 0 Å². The molecule has 5 nitrogen and oxygen atoms in total. The maximum Gasteiger partial charge on any atom is 0.316 e. The van der Waals surface area contributed by atoms with Gasteiger partial charge in [-0.2, -0.15) is 4.99 Å². The molecular weight excluding hydrogens is 230 g/mol. The summed E-state index contributed by atoms with van der Waals surface area (Å²) in [6.45, 7) is 0. The molecule has 18 heavy (non-hydrogen) atoms. The highest BCUT2D eigenvalue weighted by Crippen LogP contribution is 2.42. The van der Waals surface area contributed by atoms with Gasteiger partial charge in [-0.15, -0.1) is 0 Å². The summed E-state index contributed by atoms with van der Waals surface area (Å²) in [5.41, 5.74) is 6.23. The Morgan fingerprint density at radius 3 is 2.39 bits per heavy atom. The van der Waals surface area contributed by atoms with E-state index in [4.69, 9.17) is 5.73 Å². The third kappa shape index (κ3) is 2.41. The molecule has 0 heterocycles. The molecule has 0 unspecified atom stereocenters. The Bertz CT molecular complexity index is 483. The zero-order valence-electron chi connectivity index (χ0n) is 9.98. The third-order valence-corrected chi connectivity index (χ3v) is 3.38. The first-order valence-electron chi connectivity index (χ1n) is 5.92. The summed E-state index contributed by atoms with van der Waals surface area (Å²) in [6, 6.07) is 6.68. The van der Waals surface area contributed by atoms with Crippen LogP contribution in [-0.2, 0) is 10.3 Å². The van der Waals surface area contributed by atoms with E-state index in [2.05, 4.69) is 10.3 Å². The molecule has 1 aromatic carbocycles. The smallest absolute Gasteiger partial charge is 0.316 e. The van der Waals surface area contributed by atoms with Crippen LogP contribution in [0.3, 0.4) is 0 Å². The van der Waals surface area contributed by atoms with Crippen LogP contribution in [0.1, 0.15) is 31.2 Å². The molecule has 0 radical (unpaired) electrons. The molecule has 1 fully saturated rings. The number of isocyanates is 1. The number of nitrogens with two attached hydrogens (primary N) is 1. The van der Waals surface area contributed by atoms with Gasteiger partial charge in [0.15, 0.2) is 0 Å². The van der Waals surface area contributed by atoms with Crippen LogP contribution in [0.5, 0.6) is 0 Å². The predicted octanol–water partition coefficient (Wildman–Crippen LogP) is 2.28. The fourth-order valence-electron chi connectivity index (χ4n) is 2.52. The molecule has 0 saturated heterocycles. The first-order chi connectivity index (χ1) is 8.66. The van der Waals surface area contributed by atoms with Gasteiger partial charge in [0.25, 0.3) is 0 Å². The Morgan fingerprint density at radius 2 is 1.89 bits per heavy atom. The Labute approximate surface area is 105 Å². The monoisotopic (exact) mass is 245 g/mol. The van der Waals surface area contributed by atoms with Crippen LogP contribution in [0.25, 0.3) is 0 Å². The zero-order valence-corrected chi connectivity index (χ0v) is 9.98. The number of urea groups is 1. The first kappa shape index (κ1) is 12.3. The lowest BCUT2D eigenvalue weighted by molar-refractivity contribution is 0.259. The number of primary amides is 1. The second-order valence-electron chi connectivity index (χ2n) is 4.51. The Hall–Kier alpha value is -2.13. The molecular formula is C13H15N3O2. The molecule has 0 bridgehead atoms. The highest BCUT2D eigenvalue weighted by molar-refractivity contribution is 5.87. The second-order valence-corrected chi connectivity index (χ2v) is 4.51. The van der Waals surface area contributed by atoms with E-state index in [9.17, 15) is 9.59 Å². The van der Waals surface area contributed by atoms with Crippen molar-refractivity contribution in [1.82, 2.24) is 0 Å². The molecule has 5 heteroatoms. The average Bonchev–Trinajstić information content (AvgIpc) is 2.79. The number of carbonyl (C=O) groups is 1. The van der Waals surface area contributed by atoms with Gasteiger partial charge < -0.3 is 11.1 Å². The third-order valence-electron chi connectivity index (χ3n) is 3.38. The Balaban J connectivity index is 2.27. The van der Waals surface area contributed by atoms with Crippen molar-refractivity contribution in [1.29, 1.82) is 0 Å². The lowest BCUT2D eigenvalue weighted by atomic mass is 9.89. The highest BCUT2D eigenvalue weighted by Gasteiger charge is 2.35. The minimum atomic E-state index is -0.593. The van der Waals surface area contributed by atoms with Crippen molar-refractivity contribution in [3.63, 3.8) is 0 Å². The molecule has 1 saturated carbocycles. The standard InChI is InChI=1S/C13H15N3O2/c14-12(18)16-11-5-3-10(4-6-11)13(15-9-17)7-1-2-8-13/h3-6H,1-2,7-8H2,(H3,14,16,18). The van der Waals surface area contributed by atoms with Crippen molar-refractivity contribution in [3.8, 4) is 0 Å². The molecule has 0 aliphatic heterocycles. The van der Waals surface area contributed by atoms with Crippen LogP contribution in [0.4, 0.5) is 10.5 Å². The van der Waals surface area contributed by atoms with E-state index in [0.717, 1.165) is 31.2 Å². The molecule has 1 aliphatic rings. The molecule has 0 aromatic heterocycles. The molecule has 94 valence electrons. The second kappa shape index (κ2) is 5.02. The van der Waals surface area contributed by atoms with Crippen molar-refractivity contribution in [3.05, 3.63) is 29.8 Å². The molecule has 2 amide bonds. The number of hydrogen-bond acceptors (Lipinski definition) is 3. The van der Waals surface area contributed by atoms with Gasteiger partial charge in [-0.3, -0.25) is 0 Å². The number of nitrogens with one attached hydrogen (secondary N) is 1. The van der Waals surface area contributed by atoms with Crippen molar-refractivity contribution in [2.45, 2.75) is 31.2 Å². The summed E-state index contributed by atoms with van der Waals surface area (Å²) in [5, 5.41) is 2.50. The van der Waals surface area contributed by atoms with E-state index in [0.29, 0.717) is 5.69 Å². The summed E-state index contributed by atoms with van der Waals surface area (Å²) in [6.07, 6.45) is 5.54. The van der Waals surface area contributed by atoms with Gasteiger partial charge >= 0.3 is 6.03 Å². The number of hydrogen-bond donors (Lipinski definition) is 2. The van der Waals surface area contributed by atoms with Gasteiger partial charge in [0, 0.05) is 5.69 Å².